The van der Waals surface area contributed by atoms with Gasteiger partial charge in [-0.15, -0.1) is 0 Å². The van der Waals surface area contributed by atoms with Crippen LogP contribution in [0.4, 0.5) is 0 Å². The second-order valence-electron chi connectivity index (χ2n) is 6.55. The molecule has 2 nitrogen and oxygen atoms in total. The molecule has 2 rings (SSSR count). The second kappa shape index (κ2) is 7.49. The SMILES string of the molecule is CCNC(CN1CCCC(C)CC1)C1CCCC1. The maximum Gasteiger partial charge on any atom is 0.0223 e. The van der Waals surface area contributed by atoms with Gasteiger partial charge in [0.2, 0.25) is 0 Å². The standard InChI is InChI=1S/C16H32N2/c1-3-17-16(15-8-4-5-9-15)13-18-11-6-7-14(2)10-12-18/h14-17H,3-13H2,1-2H3. The van der Waals surface area contributed by atoms with E-state index in [1.54, 1.807) is 0 Å². The highest BCUT2D eigenvalue weighted by atomic mass is 15.1. The topological polar surface area (TPSA) is 15.3 Å². The highest BCUT2D eigenvalue weighted by Crippen LogP contribution is 2.28. The summed E-state index contributed by atoms with van der Waals surface area (Å²) < 4.78 is 0. The molecule has 2 heteroatoms. The molecule has 0 aromatic carbocycles. The highest BCUT2D eigenvalue weighted by molar-refractivity contribution is 4.83. The minimum Gasteiger partial charge on any atom is -0.313 e. The number of hydrogen-bond donors (Lipinski definition) is 1. The molecule has 1 heterocycles. The molecule has 2 unspecified atom stereocenters. The van der Waals surface area contributed by atoms with Crippen LogP contribution in [0.5, 0.6) is 0 Å². The fourth-order valence-corrected chi connectivity index (χ4v) is 3.79. The first kappa shape index (κ1) is 14.3. The lowest BCUT2D eigenvalue weighted by Gasteiger charge is -2.30. The summed E-state index contributed by atoms with van der Waals surface area (Å²) in [5.41, 5.74) is 0. The lowest BCUT2D eigenvalue weighted by atomic mass is 9.97. The number of hydrogen-bond acceptors (Lipinski definition) is 2. The van der Waals surface area contributed by atoms with Crippen molar-refractivity contribution in [3.05, 3.63) is 0 Å². The van der Waals surface area contributed by atoms with Gasteiger partial charge < -0.3 is 10.2 Å². The molecule has 0 amide bonds. The molecule has 1 saturated carbocycles. The quantitative estimate of drug-likeness (QED) is 0.808. The van der Waals surface area contributed by atoms with E-state index in [2.05, 4.69) is 24.1 Å². The van der Waals surface area contributed by atoms with Gasteiger partial charge in [-0.3, -0.25) is 0 Å². The smallest absolute Gasteiger partial charge is 0.0223 e. The summed E-state index contributed by atoms with van der Waals surface area (Å²) in [4.78, 5) is 2.73. The van der Waals surface area contributed by atoms with Crippen LogP contribution in [0.1, 0.15) is 58.8 Å². The van der Waals surface area contributed by atoms with Crippen LogP contribution < -0.4 is 5.32 Å². The van der Waals surface area contributed by atoms with E-state index in [-0.39, 0.29) is 0 Å². The van der Waals surface area contributed by atoms with Crippen LogP contribution in [-0.4, -0.2) is 37.1 Å². The Kier molecular flexibility index (Phi) is 5.97. The maximum absolute atomic E-state index is 3.76. The van der Waals surface area contributed by atoms with Crippen LogP contribution >= 0.6 is 0 Å². The van der Waals surface area contributed by atoms with Gasteiger partial charge >= 0.3 is 0 Å². The van der Waals surface area contributed by atoms with Crippen molar-refractivity contribution >= 4 is 0 Å². The molecule has 0 aromatic rings. The molecule has 1 saturated heterocycles. The average Bonchev–Trinajstić information content (AvgIpc) is 2.81. The van der Waals surface area contributed by atoms with Crippen LogP contribution in [0.3, 0.4) is 0 Å². The Labute approximate surface area is 114 Å². The number of likely N-dealkylation sites (N-methyl/N-ethyl adjacent to an activating group) is 1. The van der Waals surface area contributed by atoms with E-state index in [9.17, 15) is 0 Å². The zero-order valence-corrected chi connectivity index (χ0v) is 12.5. The Morgan fingerprint density at radius 3 is 2.56 bits per heavy atom. The predicted molar refractivity (Wildman–Crippen MR) is 78.9 cm³/mol. The van der Waals surface area contributed by atoms with E-state index in [0.29, 0.717) is 0 Å². The molecular formula is C16H32N2. The van der Waals surface area contributed by atoms with Gasteiger partial charge in [0.05, 0.1) is 0 Å². The molecule has 0 spiro atoms. The minimum atomic E-state index is 0.755. The summed E-state index contributed by atoms with van der Waals surface area (Å²) in [6.45, 7) is 9.76. The molecule has 1 aliphatic carbocycles. The molecule has 1 N–H and O–H groups in total. The van der Waals surface area contributed by atoms with Crippen LogP contribution in [0.2, 0.25) is 0 Å². The number of nitrogens with zero attached hydrogens (tertiary/aromatic N) is 1. The van der Waals surface area contributed by atoms with Crippen molar-refractivity contribution in [2.24, 2.45) is 11.8 Å². The van der Waals surface area contributed by atoms with Gasteiger partial charge in [-0.2, -0.15) is 0 Å². The van der Waals surface area contributed by atoms with E-state index in [0.717, 1.165) is 24.4 Å². The van der Waals surface area contributed by atoms with Gasteiger partial charge in [-0.25, -0.2) is 0 Å². The van der Waals surface area contributed by atoms with Crippen LogP contribution in [0.25, 0.3) is 0 Å². The van der Waals surface area contributed by atoms with Gasteiger partial charge in [0.25, 0.3) is 0 Å². The number of likely N-dealkylation sites (tertiary alicyclic amines) is 1. The van der Waals surface area contributed by atoms with Gasteiger partial charge in [-0.1, -0.05) is 26.7 Å². The van der Waals surface area contributed by atoms with Crippen molar-refractivity contribution in [3.8, 4) is 0 Å². The Balaban J connectivity index is 1.83. The summed E-state index contributed by atoms with van der Waals surface area (Å²) in [6, 6.07) is 0.755. The summed E-state index contributed by atoms with van der Waals surface area (Å²) >= 11 is 0. The first-order valence-corrected chi connectivity index (χ1v) is 8.25. The second-order valence-corrected chi connectivity index (χ2v) is 6.55. The number of nitrogens with one attached hydrogen (secondary N) is 1. The maximum atomic E-state index is 3.76. The third-order valence-corrected chi connectivity index (χ3v) is 5.00. The third kappa shape index (κ3) is 4.24. The molecule has 0 radical (unpaired) electrons. The van der Waals surface area contributed by atoms with E-state index in [1.165, 1.54) is 64.6 Å². The Morgan fingerprint density at radius 2 is 1.83 bits per heavy atom. The fraction of sp³-hybridized carbons (Fsp3) is 1.00. The van der Waals surface area contributed by atoms with Crippen molar-refractivity contribution in [3.63, 3.8) is 0 Å². The lowest BCUT2D eigenvalue weighted by Crippen LogP contribution is -2.45. The molecule has 1 aliphatic heterocycles. The van der Waals surface area contributed by atoms with Crippen molar-refractivity contribution in [1.29, 1.82) is 0 Å². The summed E-state index contributed by atoms with van der Waals surface area (Å²) in [5, 5.41) is 3.76. The lowest BCUT2D eigenvalue weighted by molar-refractivity contribution is 0.213. The Hall–Kier alpha value is -0.0800. The molecule has 106 valence electrons. The summed E-state index contributed by atoms with van der Waals surface area (Å²) in [7, 11) is 0. The highest BCUT2D eigenvalue weighted by Gasteiger charge is 2.26. The van der Waals surface area contributed by atoms with Gasteiger partial charge in [-0.05, 0) is 63.6 Å². The van der Waals surface area contributed by atoms with Gasteiger partial charge in [0.1, 0.15) is 0 Å². The molecule has 2 atom stereocenters. The van der Waals surface area contributed by atoms with Crippen LogP contribution in [0, 0.1) is 11.8 Å². The van der Waals surface area contributed by atoms with Gasteiger partial charge in [0, 0.05) is 12.6 Å². The molecule has 2 fully saturated rings. The summed E-state index contributed by atoms with van der Waals surface area (Å²) in [5.74, 6) is 1.89. The Morgan fingerprint density at radius 1 is 1.06 bits per heavy atom. The first-order valence-electron chi connectivity index (χ1n) is 8.25. The first-order chi connectivity index (χ1) is 8.79. The normalized spacial score (nSPS) is 29.3. The van der Waals surface area contributed by atoms with Crippen LogP contribution in [0.15, 0.2) is 0 Å². The van der Waals surface area contributed by atoms with Crippen LogP contribution in [-0.2, 0) is 0 Å². The largest absolute Gasteiger partial charge is 0.313 e. The molecule has 0 aromatic heterocycles. The van der Waals surface area contributed by atoms with Crippen molar-refractivity contribution in [1.82, 2.24) is 10.2 Å². The molecule has 0 bridgehead atoms. The van der Waals surface area contributed by atoms with E-state index >= 15 is 0 Å². The van der Waals surface area contributed by atoms with E-state index in [1.807, 2.05) is 0 Å². The third-order valence-electron chi connectivity index (χ3n) is 5.00. The minimum absolute atomic E-state index is 0.755. The molecular weight excluding hydrogens is 220 g/mol. The van der Waals surface area contributed by atoms with E-state index < -0.39 is 0 Å². The number of rotatable bonds is 5. The van der Waals surface area contributed by atoms with E-state index in [4.69, 9.17) is 0 Å². The zero-order chi connectivity index (χ0) is 12.8. The fourth-order valence-electron chi connectivity index (χ4n) is 3.79. The van der Waals surface area contributed by atoms with Crippen molar-refractivity contribution in [2.75, 3.05) is 26.2 Å². The Bertz CT molecular complexity index is 223. The van der Waals surface area contributed by atoms with Crippen molar-refractivity contribution < 1.29 is 0 Å². The average molecular weight is 252 g/mol. The zero-order valence-electron chi connectivity index (χ0n) is 12.5. The molecule has 18 heavy (non-hydrogen) atoms. The summed E-state index contributed by atoms with van der Waals surface area (Å²) in [6.07, 6.45) is 10.1. The predicted octanol–water partition coefficient (Wildman–Crippen LogP) is 3.28. The van der Waals surface area contributed by atoms with Crippen molar-refractivity contribution in [2.45, 2.75) is 64.8 Å². The molecule has 2 aliphatic rings. The monoisotopic (exact) mass is 252 g/mol. The van der Waals surface area contributed by atoms with Gasteiger partial charge in [0.15, 0.2) is 0 Å².